The van der Waals surface area contributed by atoms with Crippen LogP contribution >= 0.6 is 0 Å². The summed E-state index contributed by atoms with van der Waals surface area (Å²) in [5, 5.41) is 6.74. The van der Waals surface area contributed by atoms with Crippen LogP contribution in [0.5, 0.6) is 0 Å². The van der Waals surface area contributed by atoms with E-state index in [4.69, 9.17) is 14.0 Å². The Bertz CT molecular complexity index is 839. The summed E-state index contributed by atoms with van der Waals surface area (Å²) >= 11 is 0. The molecule has 0 atom stereocenters. The van der Waals surface area contributed by atoms with Crippen molar-refractivity contribution in [3.05, 3.63) is 40.6 Å². The highest BCUT2D eigenvalue weighted by molar-refractivity contribution is 5.93. The van der Waals surface area contributed by atoms with Gasteiger partial charge in [-0.1, -0.05) is 22.9 Å². The Morgan fingerprint density at radius 2 is 1.70 bits per heavy atom. The third-order valence-corrected chi connectivity index (χ3v) is 4.74. The Labute approximate surface area is 177 Å². The molecule has 1 N–H and O–H groups in total. The summed E-state index contributed by atoms with van der Waals surface area (Å²) in [7, 11) is 3.14. The minimum atomic E-state index is -0.297. The number of nitrogens with zero attached hydrogens (tertiary/aromatic N) is 2. The smallest absolute Gasteiger partial charge is 0.276 e. The van der Waals surface area contributed by atoms with Gasteiger partial charge in [-0.25, -0.2) is 0 Å². The van der Waals surface area contributed by atoms with Gasteiger partial charge in [-0.2, -0.15) is 0 Å². The van der Waals surface area contributed by atoms with E-state index in [2.05, 4.69) is 22.6 Å². The van der Waals surface area contributed by atoms with Gasteiger partial charge in [0.1, 0.15) is 0 Å². The van der Waals surface area contributed by atoms with Crippen LogP contribution in [0.2, 0.25) is 0 Å². The van der Waals surface area contributed by atoms with Crippen molar-refractivity contribution in [2.75, 3.05) is 47.1 Å². The Morgan fingerprint density at radius 1 is 1.03 bits per heavy atom. The number of hydrogen-bond donors (Lipinski definition) is 1. The second kappa shape index (κ2) is 11.5. The number of aryl methyl sites for hydroxylation is 3. The molecule has 2 aromatic rings. The molecule has 0 aliphatic carbocycles. The number of hydrogen-bond acceptors (Lipinski definition) is 6. The van der Waals surface area contributed by atoms with E-state index in [0.29, 0.717) is 32.1 Å². The summed E-state index contributed by atoms with van der Waals surface area (Å²) in [6.07, 6.45) is 0.181. The summed E-state index contributed by atoms with van der Waals surface area (Å²) in [5.74, 6) is 0.112. The zero-order valence-corrected chi connectivity index (χ0v) is 18.4. The lowest BCUT2D eigenvalue weighted by molar-refractivity contribution is -0.121. The van der Waals surface area contributed by atoms with Gasteiger partial charge in [0.25, 0.3) is 5.91 Å². The summed E-state index contributed by atoms with van der Waals surface area (Å²) < 4.78 is 15.5. The maximum atomic E-state index is 13.0. The van der Waals surface area contributed by atoms with Crippen molar-refractivity contribution in [3.8, 4) is 11.3 Å². The van der Waals surface area contributed by atoms with Crippen LogP contribution in [0.4, 0.5) is 0 Å². The Balaban J connectivity index is 2.12. The fourth-order valence-electron chi connectivity index (χ4n) is 3.36. The van der Waals surface area contributed by atoms with Crippen LogP contribution in [0.3, 0.4) is 0 Å². The van der Waals surface area contributed by atoms with Crippen molar-refractivity contribution in [3.63, 3.8) is 0 Å². The van der Waals surface area contributed by atoms with Crippen molar-refractivity contribution < 1.29 is 23.6 Å². The highest BCUT2D eigenvalue weighted by Gasteiger charge is 2.22. The van der Waals surface area contributed by atoms with Crippen molar-refractivity contribution in [2.24, 2.45) is 0 Å². The SMILES string of the molecule is COCCNC(=O)CCN(CCOC)C(=O)c1cc(-c2c(C)cc(C)cc2C)on1. The first-order chi connectivity index (χ1) is 14.4. The first kappa shape index (κ1) is 23.6. The Kier molecular flexibility index (Phi) is 9.01. The quantitative estimate of drug-likeness (QED) is 0.565. The van der Waals surface area contributed by atoms with Crippen LogP contribution < -0.4 is 5.32 Å². The number of carbonyl (C=O) groups is 2. The minimum absolute atomic E-state index is 0.144. The molecule has 164 valence electrons. The molecule has 1 heterocycles. The molecule has 0 saturated heterocycles. The largest absolute Gasteiger partial charge is 0.383 e. The fourth-order valence-corrected chi connectivity index (χ4v) is 3.36. The van der Waals surface area contributed by atoms with E-state index in [1.807, 2.05) is 20.8 Å². The van der Waals surface area contributed by atoms with Gasteiger partial charge >= 0.3 is 0 Å². The van der Waals surface area contributed by atoms with Crippen LogP contribution in [0.1, 0.15) is 33.6 Å². The number of methoxy groups -OCH3 is 2. The number of aromatic nitrogens is 1. The molecule has 1 aromatic carbocycles. The summed E-state index contributed by atoms with van der Waals surface area (Å²) in [5.41, 5.74) is 4.44. The predicted molar refractivity (Wildman–Crippen MR) is 113 cm³/mol. The zero-order valence-electron chi connectivity index (χ0n) is 18.4. The molecule has 0 fully saturated rings. The van der Waals surface area contributed by atoms with Crippen LogP contribution in [0.25, 0.3) is 11.3 Å². The molecular formula is C22H31N3O5. The van der Waals surface area contributed by atoms with Gasteiger partial charge in [-0.3, -0.25) is 9.59 Å². The van der Waals surface area contributed by atoms with E-state index in [0.717, 1.165) is 16.7 Å². The van der Waals surface area contributed by atoms with Crippen molar-refractivity contribution in [2.45, 2.75) is 27.2 Å². The van der Waals surface area contributed by atoms with Crippen molar-refractivity contribution in [1.82, 2.24) is 15.4 Å². The average molecular weight is 418 g/mol. The van der Waals surface area contributed by atoms with E-state index in [1.165, 1.54) is 5.56 Å². The van der Waals surface area contributed by atoms with E-state index in [9.17, 15) is 9.59 Å². The zero-order chi connectivity index (χ0) is 22.1. The fraction of sp³-hybridized carbons (Fsp3) is 0.500. The van der Waals surface area contributed by atoms with Gasteiger partial charge in [0.15, 0.2) is 11.5 Å². The van der Waals surface area contributed by atoms with Gasteiger partial charge in [0.2, 0.25) is 5.91 Å². The highest BCUT2D eigenvalue weighted by atomic mass is 16.5. The maximum Gasteiger partial charge on any atom is 0.276 e. The number of benzene rings is 1. The molecule has 8 heteroatoms. The normalized spacial score (nSPS) is 10.8. The number of carbonyl (C=O) groups excluding carboxylic acids is 2. The number of rotatable bonds is 11. The molecule has 30 heavy (non-hydrogen) atoms. The second-order valence-electron chi connectivity index (χ2n) is 7.23. The summed E-state index contributed by atoms with van der Waals surface area (Å²) in [4.78, 5) is 26.5. The van der Waals surface area contributed by atoms with Gasteiger partial charge in [-0.05, 0) is 31.9 Å². The van der Waals surface area contributed by atoms with Crippen LogP contribution in [0.15, 0.2) is 22.7 Å². The van der Waals surface area contributed by atoms with E-state index >= 15 is 0 Å². The molecule has 2 rings (SSSR count). The molecule has 8 nitrogen and oxygen atoms in total. The third-order valence-electron chi connectivity index (χ3n) is 4.74. The number of amides is 2. The molecule has 1 aromatic heterocycles. The topological polar surface area (TPSA) is 93.9 Å². The van der Waals surface area contributed by atoms with Gasteiger partial charge in [-0.15, -0.1) is 0 Å². The molecule has 0 aliphatic heterocycles. The minimum Gasteiger partial charge on any atom is -0.383 e. The van der Waals surface area contributed by atoms with Crippen molar-refractivity contribution >= 4 is 11.8 Å². The monoisotopic (exact) mass is 417 g/mol. The van der Waals surface area contributed by atoms with Gasteiger partial charge in [0.05, 0.1) is 13.2 Å². The molecule has 0 saturated carbocycles. The Hall–Kier alpha value is -2.71. The lowest BCUT2D eigenvalue weighted by atomic mass is 9.98. The summed E-state index contributed by atoms with van der Waals surface area (Å²) in [6.45, 7) is 7.90. The molecule has 0 bridgehead atoms. The van der Waals surface area contributed by atoms with Crippen LogP contribution in [0, 0.1) is 20.8 Å². The van der Waals surface area contributed by atoms with E-state index in [1.54, 1.807) is 25.2 Å². The Morgan fingerprint density at radius 3 is 2.33 bits per heavy atom. The number of ether oxygens (including phenoxy) is 2. The van der Waals surface area contributed by atoms with Crippen molar-refractivity contribution in [1.29, 1.82) is 0 Å². The van der Waals surface area contributed by atoms with Crippen LogP contribution in [-0.4, -0.2) is 68.9 Å². The predicted octanol–water partition coefficient (Wildman–Crippen LogP) is 2.51. The van der Waals surface area contributed by atoms with E-state index in [-0.39, 0.29) is 30.5 Å². The van der Waals surface area contributed by atoms with Gasteiger partial charge in [0, 0.05) is 51.9 Å². The summed E-state index contributed by atoms with van der Waals surface area (Å²) in [6, 6.07) is 5.80. The van der Waals surface area contributed by atoms with Gasteiger partial charge < -0.3 is 24.2 Å². The molecule has 0 spiro atoms. The molecule has 0 unspecified atom stereocenters. The molecule has 0 aliphatic rings. The first-order valence-electron chi connectivity index (χ1n) is 9.96. The molecule has 2 amide bonds. The lowest BCUT2D eigenvalue weighted by Gasteiger charge is -2.21. The highest BCUT2D eigenvalue weighted by Crippen LogP contribution is 2.29. The maximum absolute atomic E-state index is 13.0. The standard InChI is InChI=1S/C22H31N3O5/c1-15-12-16(2)21(17(3)13-15)19-14-18(24-30-19)22(27)25(9-11-29-5)8-6-20(26)23-7-10-28-4/h12-14H,6-11H2,1-5H3,(H,23,26). The molecule has 0 radical (unpaired) electrons. The van der Waals surface area contributed by atoms with E-state index < -0.39 is 0 Å². The third kappa shape index (κ3) is 6.40. The van der Waals surface area contributed by atoms with Crippen LogP contribution in [-0.2, 0) is 14.3 Å². The molecular weight excluding hydrogens is 386 g/mol. The lowest BCUT2D eigenvalue weighted by Crippen LogP contribution is -2.38. The second-order valence-corrected chi connectivity index (χ2v) is 7.23. The number of nitrogens with one attached hydrogen (secondary N) is 1. The first-order valence-corrected chi connectivity index (χ1v) is 9.96. The average Bonchev–Trinajstić information content (AvgIpc) is 3.16.